The van der Waals surface area contributed by atoms with E-state index in [0.29, 0.717) is 6.21 Å². The van der Waals surface area contributed by atoms with Crippen LogP contribution in [0.15, 0.2) is 11.8 Å². The lowest BCUT2D eigenvalue weighted by atomic mass is 10.4. The number of carbonyl (C=O) groups excluding carboxylic acids is 1. The van der Waals surface area contributed by atoms with Crippen LogP contribution < -0.4 is 5.73 Å². The van der Waals surface area contributed by atoms with E-state index in [-0.39, 0.29) is 0 Å². The molecule has 1 amide bonds. The average molecular weight is 114 g/mol. The van der Waals surface area contributed by atoms with Gasteiger partial charge in [0.1, 0.15) is 5.76 Å². The molecular weight excluding hydrogens is 108 g/mol. The zero-order chi connectivity index (χ0) is 6.57. The van der Waals surface area contributed by atoms with Gasteiger partial charge in [-0.3, -0.25) is 4.79 Å². The molecule has 0 aliphatic heterocycles. The van der Waals surface area contributed by atoms with Gasteiger partial charge in [0.15, 0.2) is 0 Å². The Morgan fingerprint density at radius 2 is 2.25 bits per heavy atom. The lowest BCUT2D eigenvalue weighted by Crippen LogP contribution is -2.07. The van der Waals surface area contributed by atoms with Gasteiger partial charge in [-0.1, -0.05) is 0 Å². The predicted octanol–water partition coefficient (Wildman–Crippen LogP) is -0.437. The Balaban J connectivity index is 3.94. The lowest BCUT2D eigenvalue weighted by molar-refractivity contribution is -0.113. The van der Waals surface area contributed by atoms with E-state index < -0.39 is 11.7 Å². The summed E-state index contributed by atoms with van der Waals surface area (Å²) in [6.07, 6.45) is 1.39. The Morgan fingerprint density at radius 1 is 1.75 bits per heavy atom. The first kappa shape index (κ1) is 6.68. The number of hydrogen-bond acceptors (Lipinski definition) is 3. The number of nitrogens with one attached hydrogen (secondary N) is 1. The largest absolute Gasteiger partial charge is 0.506 e. The second-order valence-corrected chi connectivity index (χ2v) is 1.12. The molecule has 0 aromatic heterocycles. The van der Waals surface area contributed by atoms with Crippen molar-refractivity contribution in [3.05, 3.63) is 11.8 Å². The van der Waals surface area contributed by atoms with Crippen molar-refractivity contribution >= 4 is 12.1 Å². The molecule has 8 heavy (non-hydrogen) atoms. The van der Waals surface area contributed by atoms with Crippen molar-refractivity contribution in [3.63, 3.8) is 0 Å². The summed E-state index contributed by atoms with van der Waals surface area (Å²) in [5.41, 5.74) is 4.59. The number of amides is 1. The number of aliphatic hydroxyl groups excluding tert-OH is 1. The number of allylic oxidation sites excluding steroid dienone is 1. The van der Waals surface area contributed by atoms with Crippen LogP contribution in [0.25, 0.3) is 0 Å². The van der Waals surface area contributed by atoms with E-state index in [1.165, 1.54) is 0 Å². The van der Waals surface area contributed by atoms with Gasteiger partial charge < -0.3 is 16.2 Å². The molecule has 4 heteroatoms. The van der Waals surface area contributed by atoms with Crippen molar-refractivity contribution in [2.75, 3.05) is 0 Å². The van der Waals surface area contributed by atoms with Crippen molar-refractivity contribution < 1.29 is 9.90 Å². The molecule has 0 saturated heterocycles. The van der Waals surface area contributed by atoms with Crippen LogP contribution in [-0.4, -0.2) is 17.2 Å². The Kier molecular flexibility index (Phi) is 2.33. The number of carbonyl (C=O) groups is 1. The van der Waals surface area contributed by atoms with E-state index in [1.54, 1.807) is 0 Å². The summed E-state index contributed by atoms with van der Waals surface area (Å²) >= 11 is 0. The molecule has 0 saturated carbocycles. The van der Waals surface area contributed by atoms with Crippen LogP contribution in [0.3, 0.4) is 0 Å². The molecule has 44 valence electrons. The van der Waals surface area contributed by atoms with E-state index in [4.69, 9.17) is 10.5 Å². The molecule has 4 nitrogen and oxygen atoms in total. The summed E-state index contributed by atoms with van der Waals surface area (Å²) in [6.45, 7) is 0. The number of nitrogens with two attached hydrogens (primary N) is 1. The highest BCUT2D eigenvalue weighted by Crippen LogP contribution is 1.77. The van der Waals surface area contributed by atoms with E-state index >= 15 is 0 Å². The Morgan fingerprint density at radius 3 is 2.38 bits per heavy atom. The molecule has 0 radical (unpaired) electrons. The second kappa shape index (κ2) is 2.79. The Hall–Kier alpha value is -1.32. The van der Waals surface area contributed by atoms with E-state index in [0.717, 1.165) is 6.08 Å². The number of rotatable bonds is 2. The molecule has 0 spiro atoms. The first-order valence-electron chi connectivity index (χ1n) is 1.87. The lowest BCUT2D eigenvalue weighted by Gasteiger charge is -1.82. The van der Waals surface area contributed by atoms with E-state index in [2.05, 4.69) is 5.73 Å². The fourth-order valence-corrected chi connectivity index (χ4v) is 0.187. The van der Waals surface area contributed by atoms with Gasteiger partial charge in [-0.2, -0.15) is 0 Å². The zero-order valence-electron chi connectivity index (χ0n) is 4.09. The van der Waals surface area contributed by atoms with Gasteiger partial charge in [0, 0.05) is 6.08 Å². The van der Waals surface area contributed by atoms with Crippen molar-refractivity contribution in [2.24, 2.45) is 5.73 Å². The zero-order valence-corrected chi connectivity index (χ0v) is 4.09. The van der Waals surface area contributed by atoms with Crippen LogP contribution in [0.5, 0.6) is 0 Å². The standard InChI is InChI=1S/C4H6N2O2/c5-2-3(7)1-4(6)8/h1-2,5,7H,(H2,6,8)/b3-1-,5-2?. The second-order valence-electron chi connectivity index (χ2n) is 1.12. The minimum absolute atomic E-state index is 0.433. The number of primary amides is 1. The van der Waals surface area contributed by atoms with Gasteiger partial charge in [0.25, 0.3) is 0 Å². The van der Waals surface area contributed by atoms with Crippen molar-refractivity contribution in [1.29, 1.82) is 5.41 Å². The van der Waals surface area contributed by atoms with Crippen molar-refractivity contribution in [1.82, 2.24) is 0 Å². The number of aliphatic hydroxyl groups is 1. The van der Waals surface area contributed by atoms with Crippen LogP contribution >= 0.6 is 0 Å². The van der Waals surface area contributed by atoms with Crippen LogP contribution in [-0.2, 0) is 4.79 Å². The molecule has 0 bridgehead atoms. The van der Waals surface area contributed by atoms with Gasteiger partial charge in [-0.05, 0) is 0 Å². The minimum atomic E-state index is -0.758. The molecule has 0 unspecified atom stereocenters. The highest BCUT2D eigenvalue weighted by molar-refractivity contribution is 5.91. The third kappa shape index (κ3) is 2.89. The van der Waals surface area contributed by atoms with Gasteiger partial charge in [-0.15, -0.1) is 0 Å². The molecule has 0 aromatic carbocycles. The molecule has 0 rings (SSSR count). The molecule has 0 atom stereocenters. The molecule has 0 fully saturated rings. The fraction of sp³-hybridized carbons (Fsp3) is 0. The summed E-state index contributed by atoms with van der Waals surface area (Å²) < 4.78 is 0. The molecular formula is C4H6N2O2. The highest BCUT2D eigenvalue weighted by atomic mass is 16.3. The van der Waals surface area contributed by atoms with Gasteiger partial charge in [-0.25, -0.2) is 0 Å². The van der Waals surface area contributed by atoms with Gasteiger partial charge >= 0.3 is 0 Å². The summed E-state index contributed by atoms with van der Waals surface area (Å²) in [5.74, 6) is -1.19. The number of hydrogen-bond donors (Lipinski definition) is 3. The van der Waals surface area contributed by atoms with Gasteiger partial charge in [0.05, 0.1) is 6.21 Å². The molecule has 4 N–H and O–H groups in total. The van der Waals surface area contributed by atoms with Crippen LogP contribution in [0.1, 0.15) is 0 Å². The first-order valence-corrected chi connectivity index (χ1v) is 1.87. The fourth-order valence-electron chi connectivity index (χ4n) is 0.187. The summed E-state index contributed by atoms with van der Waals surface area (Å²) in [7, 11) is 0. The molecule has 0 heterocycles. The Bertz CT molecular complexity index is 139. The molecule has 0 aliphatic rings. The highest BCUT2D eigenvalue weighted by Gasteiger charge is 1.87. The summed E-state index contributed by atoms with van der Waals surface area (Å²) in [5, 5.41) is 14.7. The monoisotopic (exact) mass is 114 g/mol. The summed E-state index contributed by atoms with van der Waals surface area (Å²) in [4.78, 5) is 9.85. The normalized spacial score (nSPS) is 10.8. The third-order valence-electron chi connectivity index (χ3n) is 0.438. The average Bonchev–Trinajstić information content (AvgIpc) is 1.65. The Labute approximate surface area is 46.1 Å². The SMILES string of the molecule is N=C/C(O)=C/C(N)=O. The van der Waals surface area contributed by atoms with E-state index in [1.807, 2.05) is 0 Å². The maximum Gasteiger partial charge on any atom is 0.245 e. The first-order chi connectivity index (χ1) is 3.66. The van der Waals surface area contributed by atoms with Crippen LogP contribution in [0.2, 0.25) is 0 Å². The third-order valence-corrected chi connectivity index (χ3v) is 0.438. The van der Waals surface area contributed by atoms with Crippen molar-refractivity contribution in [3.8, 4) is 0 Å². The quantitative estimate of drug-likeness (QED) is 0.258. The van der Waals surface area contributed by atoms with Crippen LogP contribution in [0.4, 0.5) is 0 Å². The van der Waals surface area contributed by atoms with E-state index in [9.17, 15) is 4.79 Å². The molecule has 0 aromatic rings. The maximum atomic E-state index is 9.85. The predicted molar refractivity (Wildman–Crippen MR) is 28.7 cm³/mol. The van der Waals surface area contributed by atoms with Crippen molar-refractivity contribution in [2.45, 2.75) is 0 Å². The maximum absolute atomic E-state index is 9.85. The molecule has 0 aliphatic carbocycles. The topological polar surface area (TPSA) is 87.2 Å². The van der Waals surface area contributed by atoms with Gasteiger partial charge in [0.2, 0.25) is 5.91 Å². The smallest absolute Gasteiger partial charge is 0.245 e. The minimum Gasteiger partial charge on any atom is -0.506 e. The summed E-state index contributed by atoms with van der Waals surface area (Å²) in [6, 6.07) is 0. The van der Waals surface area contributed by atoms with Crippen LogP contribution in [0, 0.1) is 5.41 Å².